The summed E-state index contributed by atoms with van der Waals surface area (Å²) in [7, 11) is 0. The standard InChI is InChI=1S/C11H19N.C10H22.C2H6/c1-5-8-11(7-3)9-12-10(4)6-2;1-4-7-8-9-10(5-2)6-3;1-2/h6-7,9H,5,8H2,1-4H3;10H,4-9H2,1-3H3;1-2H3/b10-6+,11-7-,12-9+;;. The SMILES string of the molecule is CC.CCCCCC(CC)CC.C\C=C(/C=N/C(C)=C/C)CCC. The maximum atomic E-state index is 4.30. The van der Waals surface area contributed by atoms with E-state index in [0.717, 1.165) is 18.0 Å². The van der Waals surface area contributed by atoms with Crippen molar-refractivity contribution in [3.8, 4) is 0 Å². The second-order valence-corrected chi connectivity index (χ2v) is 5.98. The van der Waals surface area contributed by atoms with Gasteiger partial charge >= 0.3 is 0 Å². The molecule has 0 amide bonds. The van der Waals surface area contributed by atoms with Crippen molar-refractivity contribution >= 4 is 6.21 Å². The molecule has 0 aromatic carbocycles. The minimum Gasteiger partial charge on any atom is -0.262 e. The maximum absolute atomic E-state index is 4.30. The lowest BCUT2D eigenvalue weighted by atomic mass is 9.96. The van der Waals surface area contributed by atoms with Crippen LogP contribution in [0.5, 0.6) is 0 Å². The van der Waals surface area contributed by atoms with E-state index in [2.05, 4.69) is 45.7 Å². The number of unbranched alkanes of at least 4 members (excludes halogenated alkanes) is 2. The zero-order valence-corrected chi connectivity index (χ0v) is 18.4. The van der Waals surface area contributed by atoms with Crippen LogP contribution in [0.2, 0.25) is 0 Å². The third-order valence-corrected chi connectivity index (χ3v) is 4.13. The molecular formula is C23H47N. The molecule has 0 unspecified atom stereocenters. The fraction of sp³-hybridized carbons (Fsp3) is 0.783. The highest BCUT2D eigenvalue weighted by Crippen LogP contribution is 2.16. The molecule has 0 radical (unpaired) electrons. The fourth-order valence-corrected chi connectivity index (χ4v) is 2.21. The first-order valence-corrected chi connectivity index (χ1v) is 10.4. The molecule has 0 atom stereocenters. The number of allylic oxidation sites excluding steroid dienone is 4. The van der Waals surface area contributed by atoms with Crippen molar-refractivity contribution in [2.75, 3.05) is 0 Å². The van der Waals surface area contributed by atoms with E-state index in [4.69, 9.17) is 0 Å². The second kappa shape index (κ2) is 24.4. The summed E-state index contributed by atoms with van der Waals surface area (Å²) >= 11 is 0. The molecule has 1 nitrogen and oxygen atoms in total. The Kier molecular flexibility index (Phi) is 28.4. The van der Waals surface area contributed by atoms with Gasteiger partial charge in [0.15, 0.2) is 0 Å². The molecule has 0 bridgehead atoms. The highest BCUT2D eigenvalue weighted by Gasteiger charge is 2.00. The Hall–Kier alpha value is -0.850. The molecule has 0 aromatic rings. The third kappa shape index (κ3) is 21.1. The molecule has 0 spiro atoms. The Bertz CT molecular complexity index is 306. The summed E-state index contributed by atoms with van der Waals surface area (Å²) in [5.74, 6) is 1.01. The van der Waals surface area contributed by atoms with Crippen LogP contribution in [-0.4, -0.2) is 6.21 Å². The molecule has 0 heterocycles. The lowest BCUT2D eigenvalue weighted by Gasteiger charge is -2.10. The van der Waals surface area contributed by atoms with Crippen LogP contribution in [-0.2, 0) is 0 Å². The predicted octanol–water partition coefficient (Wildman–Crippen LogP) is 8.76. The summed E-state index contributed by atoms with van der Waals surface area (Å²) in [4.78, 5) is 4.30. The van der Waals surface area contributed by atoms with E-state index in [1.54, 1.807) is 0 Å². The van der Waals surface area contributed by atoms with Gasteiger partial charge < -0.3 is 0 Å². The van der Waals surface area contributed by atoms with Gasteiger partial charge in [-0.15, -0.1) is 0 Å². The minimum atomic E-state index is 1.01. The molecular weight excluding hydrogens is 290 g/mol. The van der Waals surface area contributed by atoms with E-state index in [1.807, 2.05) is 40.0 Å². The Balaban J connectivity index is -0.000000337. The Labute approximate surface area is 154 Å². The van der Waals surface area contributed by atoms with E-state index in [1.165, 1.54) is 50.5 Å². The smallest absolute Gasteiger partial charge is 0.0330 e. The molecule has 24 heavy (non-hydrogen) atoms. The number of aliphatic imine (C=N–C) groups is 1. The zero-order chi connectivity index (χ0) is 19.2. The van der Waals surface area contributed by atoms with Gasteiger partial charge in [-0.3, -0.25) is 4.99 Å². The van der Waals surface area contributed by atoms with Crippen LogP contribution in [0.25, 0.3) is 0 Å². The number of hydrogen-bond donors (Lipinski definition) is 0. The predicted molar refractivity (Wildman–Crippen MR) is 116 cm³/mol. The van der Waals surface area contributed by atoms with Gasteiger partial charge in [0.2, 0.25) is 0 Å². The first-order chi connectivity index (χ1) is 11.6. The molecule has 0 saturated heterocycles. The maximum Gasteiger partial charge on any atom is 0.0330 e. The van der Waals surface area contributed by atoms with Crippen LogP contribution >= 0.6 is 0 Å². The molecule has 0 aromatic heterocycles. The molecule has 0 aliphatic rings. The number of nitrogens with zero attached hydrogens (tertiary/aromatic N) is 1. The summed E-state index contributed by atoms with van der Waals surface area (Å²) in [5, 5.41) is 0. The average molecular weight is 338 g/mol. The molecule has 0 rings (SSSR count). The lowest BCUT2D eigenvalue weighted by Crippen LogP contribution is -1.95. The lowest BCUT2D eigenvalue weighted by molar-refractivity contribution is 0.432. The molecule has 0 aliphatic heterocycles. The monoisotopic (exact) mass is 337 g/mol. The highest BCUT2D eigenvalue weighted by atomic mass is 14.7. The summed E-state index contributed by atoms with van der Waals surface area (Å²) in [6, 6.07) is 0. The van der Waals surface area contributed by atoms with Crippen LogP contribution in [0.15, 0.2) is 28.4 Å². The molecule has 1 heteroatoms. The largest absolute Gasteiger partial charge is 0.262 e. The van der Waals surface area contributed by atoms with Gasteiger partial charge in [-0.2, -0.15) is 0 Å². The highest BCUT2D eigenvalue weighted by molar-refractivity contribution is 5.79. The van der Waals surface area contributed by atoms with Crippen LogP contribution in [0.3, 0.4) is 0 Å². The van der Waals surface area contributed by atoms with E-state index in [9.17, 15) is 0 Å². The van der Waals surface area contributed by atoms with Crippen molar-refractivity contribution in [2.45, 2.75) is 114 Å². The van der Waals surface area contributed by atoms with Crippen LogP contribution < -0.4 is 0 Å². The van der Waals surface area contributed by atoms with Crippen LogP contribution in [0.1, 0.15) is 114 Å². The minimum absolute atomic E-state index is 1.01. The Morgan fingerprint density at radius 2 is 1.46 bits per heavy atom. The van der Waals surface area contributed by atoms with Crippen molar-refractivity contribution in [1.29, 1.82) is 0 Å². The second-order valence-electron chi connectivity index (χ2n) is 5.98. The quantitative estimate of drug-likeness (QED) is 0.279. The van der Waals surface area contributed by atoms with Gasteiger partial charge in [-0.1, -0.05) is 98.6 Å². The molecule has 0 N–H and O–H groups in total. The van der Waals surface area contributed by atoms with Crippen molar-refractivity contribution < 1.29 is 0 Å². The van der Waals surface area contributed by atoms with Gasteiger partial charge in [0.05, 0.1) is 0 Å². The van der Waals surface area contributed by atoms with Gasteiger partial charge in [-0.05, 0) is 38.7 Å². The van der Waals surface area contributed by atoms with Crippen LogP contribution in [0.4, 0.5) is 0 Å². The van der Waals surface area contributed by atoms with Crippen molar-refractivity contribution in [1.82, 2.24) is 0 Å². The van der Waals surface area contributed by atoms with E-state index in [0.29, 0.717) is 0 Å². The Morgan fingerprint density at radius 1 is 0.875 bits per heavy atom. The fourth-order valence-electron chi connectivity index (χ4n) is 2.21. The van der Waals surface area contributed by atoms with Crippen molar-refractivity contribution in [3.05, 3.63) is 23.4 Å². The third-order valence-electron chi connectivity index (χ3n) is 4.13. The first kappa shape index (κ1) is 28.0. The van der Waals surface area contributed by atoms with Gasteiger partial charge in [0.25, 0.3) is 0 Å². The first-order valence-electron chi connectivity index (χ1n) is 10.4. The van der Waals surface area contributed by atoms with Crippen LogP contribution in [0, 0.1) is 5.92 Å². The molecule has 144 valence electrons. The molecule has 0 fully saturated rings. The van der Waals surface area contributed by atoms with Crippen molar-refractivity contribution in [2.24, 2.45) is 10.9 Å². The summed E-state index contributed by atoms with van der Waals surface area (Å²) < 4.78 is 0. The Morgan fingerprint density at radius 3 is 1.83 bits per heavy atom. The van der Waals surface area contributed by atoms with E-state index >= 15 is 0 Å². The number of rotatable bonds is 10. The van der Waals surface area contributed by atoms with Gasteiger partial charge in [-0.25, -0.2) is 0 Å². The van der Waals surface area contributed by atoms with E-state index < -0.39 is 0 Å². The number of hydrogen-bond acceptors (Lipinski definition) is 1. The molecule has 0 saturated carbocycles. The van der Waals surface area contributed by atoms with Gasteiger partial charge in [0, 0.05) is 11.9 Å². The zero-order valence-electron chi connectivity index (χ0n) is 18.4. The normalized spacial score (nSPS) is 11.9. The van der Waals surface area contributed by atoms with Crippen molar-refractivity contribution in [3.63, 3.8) is 0 Å². The topological polar surface area (TPSA) is 12.4 Å². The van der Waals surface area contributed by atoms with Gasteiger partial charge in [0.1, 0.15) is 0 Å². The van der Waals surface area contributed by atoms with E-state index in [-0.39, 0.29) is 0 Å². The summed E-state index contributed by atoms with van der Waals surface area (Å²) in [6.07, 6.45) is 16.8. The molecule has 0 aliphatic carbocycles. The summed E-state index contributed by atoms with van der Waals surface area (Å²) in [5.41, 5.74) is 2.39. The summed E-state index contributed by atoms with van der Waals surface area (Å²) in [6.45, 7) is 19.1. The average Bonchev–Trinajstić information content (AvgIpc) is 2.64.